The molecule has 0 radical (unpaired) electrons. The number of carbonyl (C=O) groups excluding carboxylic acids is 1. The lowest BCUT2D eigenvalue weighted by atomic mass is 10.1. The van der Waals surface area contributed by atoms with Crippen LogP contribution in [0.3, 0.4) is 0 Å². The number of benzene rings is 1. The molecule has 0 bridgehead atoms. The van der Waals surface area contributed by atoms with E-state index in [2.05, 4.69) is 0 Å². The highest BCUT2D eigenvalue weighted by atomic mass is 35.5. The van der Waals surface area contributed by atoms with Crippen molar-refractivity contribution in [2.45, 2.75) is 32.3 Å². The lowest BCUT2D eigenvalue weighted by Crippen LogP contribution is -2.42. The van der Waals surface area contributed by atoms with E-state index in [0.717, 1.165) is 19.3 Å². The van der Waals surface area contributed by atoms with Crippen LogP contribution in [0.25, 0.3) is 0 Å². The zero-order valence-electron chi connectivity index (χ0n) is 11.6. The summed E-state index contributed by atoms with van der Waals surface area (Å²) in [6, 6.07) is 5.08. The number of ether oxygens (including phenoxy) is 1. The molecule has 1 aromatic carbocycles. The van der Waals surface area contributed by atoms with Gasteiger partial charge < -0.3 is 14.7 Å². The molecule has 0 saturated carbocycles. The number of aliphatic hydroxyl groups is 1. The van der Waals surface area contributed by atoms with Gasteiger partial charge in [0.05, 0.1) is 18.3 Å². The summed E-state index contributed by atoms with van der Waals surface area (Å²) in [6.45, 7) is 3.61. The summed E-state index contributed by atoms with van der Waals surface area (Å²) in [6.07, 6.45) is 2.00. The second kappa shape index (κ2) is 6.95. The van der Waals surface area contributed by atoms with E-state index in [0.29, 0.717) is 36.0 Å². The molecule has 1 atom stereocenters. The molecule has 20 heavy (non-hydrogen) atoms. The van der Waals surface area contributed by atoms with E-state index in [-0.39, 0.29) is 5.91 Å². The van der Waals surface area contributed by atoms with Gasteiger partial charge in [-0.2, -0.15) is 0 Å². The fourth-order valence-corrected chi connectivity index (χ4v) is 2.49. The standard InChI is InChI=1S/C15H20ClNO3/c1-2-8-20-14-6-5-11(16)9-13(14)15(19)17-7-3-4-12(18)10-17/h5-6,9,12,18H,2-4,7-8,10H2,1H3. The van der Waals surface area contributed by atoms with Crippen LogP contribution in [0.1, 0.15) is 36.5 Å². The Labute approximate surface area is 124 Å². The zero-order valence-corrected chi connectivity index (χ0v) is 12.4. The number of piperidine rings is 1. The van der Waals surface area contributed by atoms with E-state index < -0.39 is 6.10 Å². The second-order valence-corrected chi connectivity index (χ2v) is 5.47. The summed E-state index contributed by atoms with van der Waals surface area (Å²) < 4.78 is 5.61. The van der Waals surface area contributed by atoms with E-state index in [4.69, 9.17) is 16.3 Å². The summed E-state index contributed by atoms with van der Waals surface area (Å²) in [7, 11) is 0. The molecule has 110 valence electrons. The minimum absolute atomic E-state index is 0.127. The van der Waals surface area contributed by atoms with Crippen LogP contribution in [0.2, 0.25) is 5.02 Å². The highest BCUT2D eigenvalue weighted by Crippen LogP contribution is 2.26. The average molecular weight is 298 g/mol. The van der Waals surface area contributed by atoms with E-state index in [1.54, 1.807) is 23.1 Å². The first-order valence-corrected chi connectivity index (χ1v) is 7.39. The molecule has 0 spiro atoms. The molecule has 1 unspecified atom stereocenters. The number of nitrogens with zero attached hydrogens (tertiary/aromatic N) is 1. The Morgan fingerprint density at radius 1 is 1.55 bits per heavy atom. The maximum Gasteiger partial charge on any atom is 0.257 e. The predicted octanol–water partition coefficient (Wildman–Crippen LogP) is 2.73. The Hall–Kier alpha value is -1.26. The van der Waals surface area contributed by atoms with Gasteiger partial charge in [-0.1, -0.05) is 18.5 Å². The van der Waals surface area contributed by atoms with Crippen molar-refractivity contribution in [3.05, 3.63) is 28.8 Å². The van der Waals surface area contributed by atoms with Gasteiger partial charge in [-0.25, -0.2) is 0 Å². The summed E-state index contributed by atoms with van der Waals surface area (Å²) >= 11 is 5.99. The Morgan fingerprint density at radius 2 is 2.35 bits per heavy atom. The molecular formula is C15H20ClNO3. The normalized spacial score (nSPS) is 18.9. The van der Waals surface area contributed by atoms with Crippen molar-refractivity contribution in [2.75, 3.05) is 19.7 Å². The summed E-state index contributed by atoms with van der Waals surface area (Å²) in [5.41, 5.74) is 0.472. The van der Waals surface area contributed by atoms with Crippen molar-refractivity contribution in [2.24, 2.45) is 0 Å². The van der Waals surface area contributed by atoms with Crippen LogP contribution in [0.4, 0.5) is 0 Å². The third-order valence-electron chi connectivity index (χ3n) is 3.32. The molecule has 1 N–H and O–H groups in total. The van der Waals surface area contributed by atoms with Gasteiger partial charge in [0, 0.05) is 18.1 Å². The van der Waals surface area contributed by atoms with Gasteiger partial charge in [0.15, 0.2) is 0 Å². The highest BCUT2D eigenvalue weighted by molar-refractivity contribution is 6.31. The number of rotatable bonds is 4. The topological polar surface area (TPSA) is 49.8 Å². The molecule has 1 fully saturated rings. The Morgan fingerprint density at radius 3 is 3.05 bits per heavy atom. The van der Waals surface area contributed by atoms with Crippen LogP contribution in [-0.4, -0.2) is 41.7 Å². The molecule has 5 heteroatoms. The number of amides is 1. The lowest BCUT2D eigenvalue weighted by molar-refractivity contribution is 0.0470. The van der Waals surface area contributed by atoms with Crippen molar-refractivity contribution < 1.29 is 14.6 Å². The van der Waals surface area contributed by atoms with Crippen molar-refractivity contribution in [3.8, 4) is 5.75 Å². The number of aliphatic hydroxyl groups excluding tert-OH is 1. The van der Waals surface area contributed by atoms with Crippen LogP contribution in [0.5, 0.6) is 5.75 Å². The van der Waals surface area contributed by atoms with E-state index in [1.807, 2.05) is 6.92 Å². The molecule has 1 aliphatic rings. The average Bonchev–Trinajstić information content (AvgIpc) is 2.45. The minimum Gasteiger partial charge on any atom is -0.493 e. The summed E-state index contributed by atoms with van der Waals surface area (Å²) in [4.78, 5) is 14.2. The van der Waals surface area contributed by atoms with Crippen LogP contribution in [0.15, 0.2) is 18.2 Å². The van der Waals surface area contributed by atoms with Crippen LogP contribution < -0.4 is 4.74 Å². The third-order valence-corrected chi connectivity index (χ3v) is 3.55. The molecule has 1 amide bonds. The number of halogens is 1. The third kappa shape index (κ3) is 3.64. The predicted molar refractivity (Wildman–Crippen MR) is 78.4 cm³/mol. The van der Waals surface area contributed by atoms with Crippen LogP contribution >= 0.6 is 11.6 Å². The van der Waals surface area contributed by atoms with Crippen LogP contribution in [-0.2, 0) is 0 Å². The Balaban J connectivity index is 2.20. The summed E-state index contributed by atoms with van der Waals surface area (Å²) in [5, 5.41) is 10.2. The largest absolute Gasteiger partial charge is 0.493 e. The number of hydrogen-bond acceptors (Lipinski definition) is 3. The van der Waals surface area contributed by atoms with Gasteiger partial charge in [0.2, 0.25) is 0 Å². The van der Waals surface area contributed by atoms with Gasteiger partial charge >= 0.3 is 0 Å². The molecule has 2 rings (SSSR count). The van der Waals surface area contributed by atoms with Crippen molar-refractivity contribution in [1.29, 1.82) is 0 Å². The van der Waals surface area contributed by atoms with Gasteiger partial charge in [-0.05, 0) is 37.5 Å². The lowest BCUT2D eigenvalue weighted by Gasteiger charge is -2.30. The summed E-state index contributed by atoms with van der Waals surface area (Å²) in [5.74, 6) is 0.429. The van der Waals surface area contributed by atoms with Crippen molar-refractivity contribution in [1.82, 2.24) is 4.90 Å². The Kier molecular flexibility index (Phi) is 5.26. The number of β-amino-alcohol motifs (C(OH)–C–C–N with tert-alkyl or cyclic N) is 1. The first kappa shape index (κ1) is 15.1. The van der Waals surface area contributed by atoms with Crippen LogP contribution in [0, 0.1) is 0 Å². The number of carbonyl (C=O) groups is 1. The number of likely N-dealkylation sites (tertiary alicyclic amines) is 1. The second-order valence-electron chi connectivity index (χ2n) is 5.04. The maximum atomic E-state index is 12.6. The van der Waals surface area contributed by atoms with Gasteiger partial charge in [-0.15, -0.1) is 0 Å². The molecule has 0 aromatic heterocycles. The molecular weight excluding hydrogens is 278 g/mol. The van der Waals surface area contributed by atoms with Crippen molar-refractivity contribution >= 4 is 17.5 Å². The maximum absolute atomic E-state index is 12.6. The molecule has 4 nitrogen and oxygen atoms in total. The fourth-order valence-electron chi connectivity index (χ4n) is 2.32. The fraction of sp³-hybridized carbons (Fsp3) is 0.533. The SMILES string of the molecule is CCCOc1ccc(Cl)cc1C(=O)N1CCCC(O)C1. The first-order chi connectivity index (χ1) is 9.61. The molecule has 1 saturated heterocycles. The number of hydrogen-bond donors (Lipinski definition) is 1. The Bertz CT molecular complexity index is 478. The molecule has 0 aliphatic carbocycles. The first-order valence-electron chi connectivity index (χ1n) is 7.01. The smallest absolute Gasteiger partial charge is 0.257 e. The van der Waals surface area contributed by atoms with Gasteiger partial charge in [0.1, 0.15) is 5.75 Å². The van der Waals surface area contributed by atoms with E-state index in [9.17, 15) is 9.90 Å². The van der Waals surface area contributed by atoms with Crippen molar-refractivity contribution in [3.63, 3.8) is 0 Å². The van der Waals surface area contributed by atoms with Gasteiger partial charge in [0.25, 0.3) is 5.91 Å². The molecule has 1 aliphatic heterocycles. The molecule has 1 aromatic rings. The van der Waals surface area contributed by atoms with E-state index >= 15 is 0 Å². The zero-order chi connectivity index (χ0) is 14.5. The monoisotopic (exact) mass is 297 g/mol. The molecule has 1 heterocycles. The van der Waals surface area contributed by atoms with Gasteiger partial charge in [-0.3, -0.25) is 4.79 Å². The van der Waals surface area contributed by atoms with E-state index in [1.165, 1.54) is 0 Å². The minimum atomic E-state index is -0.438. The highest BCUT2D eigenvalue weighted by Gasteiger charge is 2.25. The quantitative estimate of drug-likeness (QED) is 0.929.